The number of carbonyl (C=O) groups is 2. The zero-order chi connectivity index (χ0) is 16.7. The molecule has 1 unspecified atom stereocenters. The molecule has 5 nitrogen and oxygen atoms in total. The number of hydrogen-bond donors (Lipinski definition) is 2. The van der Waals surface area contributed by atoms with Gasteiger partial charge in [-0.25, -0.2) is 0 Å². The summed E-state index contributed by atoms with van der Waals surface area (Å²) in [6, 6.07) is 7.28. The summed E-state index contributed by atoms with van der Waals surface area (Å²) in [5, 5.41) is 5.65. The van der Waals surface area contributed by atoms with E-state index in [9.17, 15) is 9.59 Å². The van der Waals surface area contributed by atoms with Crippen LogP contribution in [0.1, 0.15) is 33.5 Å². The van der Waals surface area contributed by atoms with Crippen LogP contribution in [0, 0.1) is 5.92 Å². The quantitative estimate of drug-likeness (QED) is 0.878. The van der Waals surface area contributed by atoms with Crippen molar-refractivity contribution in [1.82, 2.24) is 0 Å². The normalized spacial score (nSPS) is 18.9. The van der Waals surface area contributed by atoms with Crippen molar-refractivity contribution in [3.63, 3.8) is 0 Å². The summed E-state index contributed by atoms with van der Waals surface area (Å²) in [6.07, 6.45) is 3.32. The molecule has 1 aliphatic carbocycles. The Hall–Kier alpha value is -2.34. The number of amides is 2. The highest BCUT2D eigenvalue weighted by Crippen LogP contribution is 2.33. The maximum absolute atomic E-state index is 12.5. The van der Waals surface area contributed by atoms with Gasteiger partial charge in [-0.2, -0.15) is 0 Å². The second-order valence-corrected chi connectivity index (χ2v) is 7.55. The summed E-state index contributed by atoms with van der Waals surface area (Å²) in [6.45, 7) is 2.28. The number of rotatable bonds is 2. The van der Waals surface area contributed by atoms with Gasteiger partial charge in [0.15, 0.2) is 6.61 Å². The number of ether oxygens (including phenoxy) is 1. The molecule has 2 heterocycles. The number of fused-ring (bicyclic) bond motifs is 2. The maximum Gasteiger partial charge on any atom is 0.265 e. The predicted octanol–water partition coefficient (Wildman–Crippen LogP) is 3.46. The van der Waals surface area contributed by atoms with Crippen molar-refractivity contribution in [2.45, 2.75) is 26.2 Å². The Morgan fingerprint density at radius 3 is 3.12 bits per heavy atom. The summed E-state index contributed by atoms with van der Waals surface area (Å²) in [4.78, 5) is 26.0. The van der Waals surface area contributed by atoms with Crippen LogP contribution in [0.15, 0.2) is 24.3 Å². The zero-order valence-corrected chi connectivity index (χ0v) is 14.2. The fourth-order valence-corrected chi connectivity index (χ4v) is 4.27. The number of aryl methyl sites for hydroxylation is 1. The van der Waals surface area contributed by atoms with E-state index in [-0.39, 0.29) is 18.4 Å². The third-order valence-electron chi connectivity index (χ3n) is 4.42. The van der Waals surface area contributed by atoms with E-state index < -0.39 is 0 Å². The molecule has 4 rings (SSSR count). The topological polar surface area (TPSA) is 67.4 Å². The minimum Gasteiger partial charge on any atom is -0.482 e. The number of thiophene rings is 1. The van der Waals surface area contributed by atoms with Gasteiger partial charge >= 0.3 is 0 Å². The van der Waals surface area contributed by atoms with Gasteiger partial charge in [-0.3, -0.25) is 9.59 Å². The van der Waals surface area contributed by atoms with Crippen LogP contribution in [0.25, 0.3) is 0 Å². The lowest BCUT2D eigenvalue weighted by Gasteiger charge is -2.18. The summed E-state index contributed by atoms with van der Waals surface area (Å²) >= 11 is 1.59. The molecular weight excluding hydrogens is 324 g/mol. The molecular formula is C18H18N2O3S. The van der Waals surface area contributed by atoms with Gasteiger partial charge in [0.1, 0.15) is 5.75 Å². The van der Waals surface area contributed by atoms with Crippen molar-refractivity contribution < 1.29 is 14.3 Å². The predicted molar refractivity (Wildman–Crippen MR) is 94.0 cm³/mol. The second-order valence-electron chi connectivity index (χ2n) is 6.41. The van der Waals surface area contributed by atoms with Crippen LogP contribution in [-0.4, -0.2) is 18.4 Å². The Morgan fingerprint density at radius 2 is 2.25 bits per heavy atom. The van der Waals surface area contributed by atoms with Crippen molar-refractivity contribution >= 4 is 34.5 Å². The SMILES string of the molecule is CC1CCc2sc(C(=O)Nc3ccc4c(c3)NC(=O)CO4)cc2C1. The molecule has 0 spiro atoms. The van der Waals surface area contributed by atoms with Crippen LogP contribution in [0.4, 0.5) is 11.4 Å². The molecule has 2 aliphatic rings. The van der Waals surface area contributed by atoms with Crippen molar-refractivity contribution in [1.29, 1.82) is 0 Å². The van der Waals surface area contributed by atoms with E-state index in [1.54, 1.807) is 29.5 Å². The minimum atomic E-state index is -0.189. The number of benzene rings is 1. The monoisotopic (exact) mass is 342 g/mol. The van der Waals surface area contributed by atoms with Crippen LogP contribution in [0.5, 0.6) is 5.75 Å². The van der Waals surface area contributed by atoms with E-state index in [1.807, 2.05) is 6.07 Å². The van der Waals surface area contributed by atoms with Crippen LogP contribution >= 0.6 is 11.3 Å². The van der Waals surface area contributed by atoms with Gasteiger partial charge in [-0.05, 0) is 55.0 Å². The Balaban J connectivity index is 1.52. The van der Waals surface area contributed by atoms with Gasteiger partial charge in [0.05, 0.1) is 10.6 Å². The van der Waals surface area contributed by atoms with Crippen molar-refractivity contribution in [3.8, 4) is 5.75 Å². The first-order valence-electron chi connectivity index (χ1n) is 8.08. The molecule has 0 fully saturated rings. The van der Waals surface area contributed by atoms with E-state index in [2.05, 4.69) is 17.6 Å². The third-order valence-corrected chi connectivity index (χ3v) is 5.66. The lowest BCUT2D eigenvalue weighted by molar-refractivity contribution is -0.118. The van der Waals surface area contributed by atoms with E-state index in [1.165, 1.54) is 16.9 Å². The highest BCUT2D eigenvalue weighted by molar-refractivity contribution is 7.14. The van der Waals surface area contributed by atoms with E-state index in [4.69, 9.17) is 4.74 Å². The first-order valence-corrected chi connectivity index (χ1v) is 8.90. The molecule has 1 aromatic carbocycles. The van der Waals surface area contributed by atoms with Crippen LogP contribution in [0.2, 0.25) is 0 Å². The number of nitrogens with one attached hydrogen (secondary N) is 2. The molecule has 0 bridgehead atoms. The lowest BCUT2D eigenvalue weighted by atomic mass is 9.90. The van der Waals surface area contributed by atoms with Gasteiger partial charge in [-0.15, -0.1) is 11.3 Å². The van der Waals surface area contributed by atoms with Crippen molar-refractivity contribution in [3.05, 3.63) is 39.6 Å². The van der Waals surface area contributed by atoms with Crippen molar-refractivity contribution in [2.24, 2.45) is 5.92 Å². The summed E-state index contributed by atoms with van der Waals surface area (Å²) in [7, 11) is 0. The fraction of sp³-hybridized carbons (Fsp3) is 0.333. The van der Waals surface area contributed by atoms with Crippen molar-refractivity contribution in [2.75, 3.05) is 17.2 Å². The molecule has 124 valence electrons. The molecule has 6 heteroatoms. The number of hydrogen-bond acceptors (Lipinski definition) is 4. The average Bonchev–Trinajstić information content (AvgIpc) is 2.97. The first kappa shape index (κ1) is 15.2. The van der Waals surface area contributed by atoms with Gasteiger partial charge in [-0.1, -0.05) is 6.92 Å². The molecule has 0 radical (unpaired) electrons. The van der Waals surface area contributed by atoms with Crippen LogP contribution < -0.4 is 15.4 Å². The molecule has 1 aromatic heterocycles. The Bertz CT molecular complexity index is 828. The van der Waals surface area contributed by atoms with Gasteiger partial charge in [0.2, 0.25) is 0 Å². The first-order chi connectivity index (χ1) is 11.6. The molecule has 0 saturated heterocycles. The molecule has 1 aliphatic heterocycles. The largest absolute Gasteiger partial charge is 0.482 e. The Labute approximate surface area is 144 Å². The third kappa shape index (κ3) is 2.89. The summed E-state index contributed by atoms with van der Waals surface area (Å²) in [5.41, 5.74) is 2.54. The van der Waals surface area contributed by atoms with Gasteiger partial charge in [0.25, 0.3) is 11.8 Å². The molecule has 24 heavy (non-hydrogen) atoms. The number of carbonyl (C=O) groups excluding carboxylic acids is 2. The number of anilines is 2. The molecule has 2 N–H and O–H groups in total. The maximum atomic E-state index is 12.5. The Morgan fingerprint density at radius 1 is 1.38 bits per heavy atom. The molecule has 2 amide bonds. The van der Waals surface area contributed by atoms with Gasteiger partial charge in [0, 0.05) is 10.6 Å². The minimum absolute atomic E-state index is 0.0257. The van der Waals surface area contributed by atoms with E-state index >= 15 is 0 Å². The van der Waals surface area contributed by atoms with Crippen LogP contribution in [-0.2, 0) is 17.6 Å². The lowest BCUT2D eigenvalue weighted by Crippen LogP contribution is -2.25. The molecule has 0 saturated carbocycles. The van der Waals surface area contributed by atoms with E-state index in [0.29, 0.717) is 23.0 Å². The Kier molecular flexibility index (Phi) is 3.76. The standard InChI is InChI=1S/C18H18N2O3S/c1-10-2-5-15-11(6-10)7-16(24-15)18(22)19-12-3-4-14-13(8-12)20-17(21)9-23-14/h3-4,7-8,10H,2,5-6,9H2,1H3,(H,19,22)(H,20,21). The summed E-state index contributed by atoms with van der Waals surface area (Å²) in [5.74, 6) is 1.01. The fourth-order valence-electron chi connectivity index (χ4n) is 3.17. The van der Waals surface area contributed by atoms with Crippen LogP contribution in [0.3, 0.4) is 0 Å². The average molecular weight is 342 g/mol. The summed E-state index contributed by atoms with van der Waals surface area (Å²) < 4.78 is 5.32. The highest BCUT2D eigenvalue weighted by Gasteiger charge is 2.21. The highest BCUT2D eigenvalue weighted by atomic mass is 32.1. The molecule has 2 aromatic rings. The van der Waals surface area contributed by atoms with Gasteiger partial charge < -0.3 is 15.4 Å². The zero-order valence-electron chi connectivity index (χ0n) is 13.3. The molecule has 1 atom stereocenters. The van der Waals surface area contributed by atoms with E-state index in [0.717, 1.165) is 17.7 Å². The smallest absolute Gasteiger partial charge is 0.265 e. The second kappa shape index (κ2) is 5.94.